The van der Waals surface area contributed by atoms with Crippen molar-refractivity contribution < 1.29 is 0 Å². The molecule has 0 saturated heterocycles. The first-order valence-corrected chi connectivity index (χ1v) is 8.25. The van der Waals surface area contributed by atoms with Gasteiger partial charge in [0, 0.05) is 30.6 Å². The number of nitrogens with one attached hydrogen (secondary N) is 1. The maximum Gasteiger partial charge on any atom is 0.0110 e. The van der Waals surface area contributed by atoms with Gasteiger partial charge in [-0.25, -0.2) is 0 Å². The third kappa shape index (κ3) is 5.09. The highest BCUT2D eigenvalue weighted by Crippen LogP contribution is 2.26. The average molecular weight is 266 g/mol. The number of thiophene rings is 1. The Bertz CT molecular complexity index is 306. The van der Waals surface area contributed by atoms with Gasteiger partial charge in [-0.2, -0.15) is 0 Å². The molecule has 1 saturated carbocycles. The van der Waals surface area contributed by atoms with Gasteiger partial charge in [-0.1, -0.05) is 19.4 Å². The Labute approximate surface area is 115 Å². The van der Waals surface area contributed by atoms with Gasteiger partial charge in [-0.15, -0.1) is 11.3 Å². The minimum atomic E-state index is 0.913. The first-order valence-electron chi connectivity index (χ1n) is 7.37. The summed E-state index contributed by atoms with van der Waals surface area (Å²) in [6.45, 7) is 7.08. The van der Waals surface area contributed by atoms with E-state index in [1.807, 2.05) is 11.3 Å². The lowest BCUT2D eigenvalue weighted by atomic mass is 10.3. The second-order valence-electron chi connectivity index (χ2n) is 5.20. The molecule has 1 aliphatic rings. The molecule has 1 aromatic heterocycles. The van der Waals surface area contributed by atoms with Crippen molar-refractivity contribution in [3.63, 3.8) is 0 Å². The molecule has 0 aliphatic heterocycles. The zero-order valence-electron chi connectivity index (χ0n) is 11.5. The molecule has 2 rings (SSSR count). The molecule has 2 nitrogen and oxygen atoms in total. The lowest BCUT2D eigenvalue weighted by molar-refractivity contribution is 0.259. The SMILES string of the molecule is CCCCN(CCNCCc1cccs1)C1CC1. The normalized spacial score (nSPS) is 15.4. The van der Waals surface area contributed by atoms with Gasteiger partial charge in [-0.3, -0.25) is 4.90 Å². The second-order valence-corrected chi connectivity index (χ2v) is 6.23. The summed E-state index contributed by atoms with van der Waals surface area (Å²) in [7, 11) is 0. The molecule has 1 heterocycles. The van der Waals surface area contributed by atoms with Crippen molar-refractivity contribution in [2.24, 2.45) is 0 Å². The lowest BCUT2D eigenvalue weighted by Crippen LogP contribution is -2.35. The minimum absolute atomic E-state index is 0.913. The first kappa shape index (κ1) is 14.0. The Morgan fingerprint density at radius 1 is 1.33 bits per heavy atom. The molecular formula is C15H26N2S. The van der Waals surface area contributed by atoms with Crippen LogP contribution in [0.15, 0.2) is 17.5 Å². The van der Waals surface area contributed by atoms with Crippen LogP contribution in [0.2, 0.25) is 0 Å². The van der Waals surface area contributed by atoms with E-state index in [4.69, 9.17) is 0 Å². The van der Waals surface area contributed by atoms with Crippen LogP contribution < -0.4 is 5.32 Å². The van der Waals surface area contributed by atoms with Crippen LogP contribution in [0.25, 0.3) is 0 Å². The summed E-state index contributed by atoms with van der Waals surface area (Å²) in [4.78, 5) is 4.18. The second kappa shape index (κ2) is 7.93. The van der Waals surface area contributed by atoms with E-state index in [2.05, 4.69) is 34.7 Å². The fourth-order valence-corrected chi connectivity index (χ4v) is 3.00. The highest BCUT2D eigenvalue weighted by molar-refractivity contribution is 7.09. The van der Waals surface area contributed by atoms with E-state index >= 15 is 0 Å². The van der Waals surface area contributed by atoms with Gasteiger partial charge in [0.1, 0.15) is 0 Å². The van der Waals surface area contributed by atoms with Crippen LogP contribution in [0.3, 0.4) is 0 Å². The van der Waals surface area contributed by atoms with Crippen LogP contribution in [0.1, 0.15) is 37.5 Å². The monoisotopic (exact) mass is 266 g/mol. The van der Waals surface area contributed by atoms with Crippen molar-refractivity contribution in [3.05, 3.63) is 22.4 Å². The minimum Gasteiger partial charge on any atom is -0.315 e. The molecule has 1 N–H and O–H groups in total. The highest BCUT2D eigenvalue weighted by atomic mass is 32.1. The van der Waals surface area contributed by atoms with E-state index in [9.17, 15) is 0 Å². The highest BCUT2D eigenvalue weighted by Gasteiger charge is 2.27. The fraction of sp³-hybridized carbons (Fsp3) is 0.733. The largest absolute Gasteiger partial charge is 0.315 e. The van der Waals surface area contributed by atoms with Gasteiger partial charge in [0.25, 0.3) is 0 Å². The summed E-state index contributed by atoms with van der Waals surface area (Å²) in [5.74, 6) is 0. The summed E-state index contributed by atoms with van der Waals surface area (Å²) in [5, 5.41) is 5.74. The molecule has 1 aromatic rings. The van der Waals surface area contributed by atoms with Gasteiger partial charge in [-0.05, 0) is 43.7 Å². The van der Waals surface area contributed by atoms with Gasteiger partial charge in [0.15, 0.2) is 0 Å². The van der Waals surface area contributed by atoms with Crippen molar-refractivity contribution >= 4 is 11.3 Å². The fourth-order valence-electron chi connectivity index (χ4n) is 2.29. The summed E-state index contributed by atoms with van der Waals surface area (Å²) < 4.78 is 0. The van der Waals surface area contributed by atoms with Crippen LogP contribution in [0.4, 0.5) is 0 Å². The standard InChI is InChI=1S/C15H26N2S/c1-2-3-11-17(14-6-7-14)12-10-16-9-8-15-5-4-13-18-15/h4-5,13-14,16H,2-3,6-12H2,1H3. The molecule has 18 heavy (non-hydrogen) atoms. The molecule has 0 radical (unpaired) electrons. The molecule has 102 valence electrons. The number of hydrogen-bond donors (Lipinski definition) is 1. The van der Waals surface area contributed by atoms with Gasteiger partial charge >= 0.3 is 0 Å². The number of rotatable bonds is 10. The molecular weight excluding hydrogens is 240 g/mol. The van der Waals surface area contributed by atoms with Crippen molar-refractivity contribution in [2.75, 3.05) is 26.2 Å². The quantitative estimate of drug-likeness (QED) is 0.655. The predicted molar refractivity (Wildman–Crippen MR) is 80.4 cm³/mol. The summed E-state index contributed by atoms with van der Waals surface area (Å²) in [5.41, 5.74) is 0. The predicted octanol–water partition coefficient (Wildman–Crippen LogP) is 3.14. The summed E-state index contributed by atoms with van der Waals surface area (Å²) >= 11 is 1.86. The zero-order chi connectivity index (χ0) is 12.6. The zero-order valence-corrected chi connectivity index (χ0v) is 12.3. The van der Waals surface area contributed by atoms with Gasteiger partial charge < -0.3 is 5.32 Å². The number of unbranched alkanes of at least 4 members (excludes halogenated alkanes) is 1. The van der Waals surface area contributed by atoms with Crippen LogP contribution in [-0.4, -0.2) is 37.1 Å². The van der Waals surface area contributed by atoms with Crippen LogP contribution in [0, 0.1) is 0 Å². The van der Waals surface area contributed by atoms with E-state index in [0.717, 1.165) is 19.1 Å². The van der Waals surface area contributed by atoms with Gasteiger partial charge in [0.2, 0.25) is 0 Å². The topological polar surface area (TPSA) is 15.3 Å². The third-order valence-electron chi connectivity index (χ3n) is 3.57. The Kier molecular flexibility index (Phi) is 6.18. The Morgan fingerprint density at radius 3 is 2.89 bits per heavy atom. The Balaban J connectivity index is 1.53. The van der Waals surface area contributed by atoms with Crippen LogP contribution in [-0.2, 0) is 6.42 Å². The lowest BCUT2D eigenvalue weighted by Gasteiger charge is -2.21. The van der Waals surface area contributed by atoms with Gasteiger partial charge in [0.05, 0.1) is 0 Å². The average Bonchev–Trinajstić information content (AvgIpc) is 3.10. The third-order valence-corrected chi connectivity index (χ3v) is 4.50. The maximum absolute atomic E-state index is 3.58. The Morgan fingerprint density at radius 2 is 2.22 bits per heavy atom. The van der Waals surface area contributed by atoms with Crippen molar-refractivity contribution in [3.8, 4) is 0 Å². The molecule has 1 fully saturated rings. The number of nitrogens with zero attached hydrogens (tertiary/aromatic N) is 1. The molecule has 0 bridgehead atoms. The van der Waals surface area contributed by atoms with Crippen molar-refractivity contribution in [2.45, 2.75) is 45.1 Å². The van der Waals surface area contributed by atoms with Crippen molar-refractivity contribution in [1.82, 2.24) is 10.2 Å². The maximum atomic E-state index is 3.58. The Hall–Kier alpha value is -0.380. The molecule has 0 spiro atoms. The molecule has 0 aromatic carbocycles. The number of hydrogen-bond acceptors (Lipinski definition) is 3. The van der Waals surface area contributed by atoms with E-state index < -0.39 is 0 Å². The molecule has 1 aliphatic carbocycles. The van der Waals surface area contributed by atoms with E-state index in [0.29, 0.717) is 0 Å². The summed E-state index contributed by atoms with van der Waals surface area (Å²) in [6.07, 6.45) is 6.70. The summed E-state index contributed by atoms with van der Waals surface area (Å²) in [6, 6.07) is 5.28. The van der Waals surface area contributed by atoms with E-state index in [-0.39, 0.29) is 0 Å². The molecule has 0 amide bonds. The van der Waals surface area contributed by atoms with Crippen LogP contribution >= 0.6 is 11.3 Å². The smallest absolute Gasteiger partial charge is 0.0110 e. The van der Waals surface area contributed by atoms with Crippen molar-refractivity contribution in [1.29, 1.82) is 0 Å². The van der Waals surface area contributed by atoms with E-state index in [1.54, 1.807) is 0 Å². The van der Waals surface area contributed by atoms with Crippen LogP contribution in [0.5, 0.6) is 0 Å². The van der Waals surface area contributed by atoms with E-state index in [1.165, 1.54) is 50.1 Å². The first-order chi connectivity index (χ1) is 8.90. The molecule has 3 heteroatoms. The molecule has 0 unspecified atom stereocenters. The molecule has 0 atom stereocenters.